The molecule has 1 N–H and O–H groups in total. The van der Waals surface area contributed by atoms with Gasteiger partial charge < -0.3 is 14.8 Å². The second-order valence-corrected chi connectivity index (χ2v) is 6.61. The molecule has 0 aliphatic rings. The molecular weight excluding hydrogens is 378 g/mol. The Balaban J connectivity index is 1.93. The SMILES string of the molecule is CCOC(=O)c1ccc(NC(=O)C(c2ccccc2)c2ccccc2)c(OCC)c1. The Morgan fingerprint density at radius 2 is 1.43 bits per heavy atom. The van der Waals surface area contributed by atoms with Crippen molar-refractivity contribution < 1.29 is 19.1 Å². The molecule has 0 aromatic heterocycles. The van der Waals surface area contributed by atoms with Crippen molar-refractivity contribution in [2.75, 3.05) is 18.5 Å². The van der Waals surface area contributed by atoms with Gasteiger partial charge in [-0.05, 0) is 43.2 Å². The number of rotatable bonds is 8. The third-order valence-electron chi connectivity index (χ3n) is 4.58. The summed E-state index contributed by atoms with van der Waals surface area (Å²) >= 11 is 0. The Labute approximate surface area is 176 Å². The monoisotopic (exact) mass is 403 g/mol. The first kappa shape index (κ1) is 21.1. The maximum absolute atomic E-state index is 13.3. The summed E-state index contributed by atoms with van der Waals surface area (Å²) in [5.74, 6) is -0.664. The van der Waals surface area contributed by atoms with Crippen molar-refractivity contribution in [2.45, 2.75) is 19.8 Å². The van der Waals surface area contributed by atoms with E-state index in [1.807, 2.05) is 67.6 Å². The van der Waals surface area contributed by atoms with Gasteiger partial charge in [0.15, 0.2) is 0 Å². The maximum Gasteiger partial charge on any atom is 0.338 e. The summed E-state index contributed by atoms with van der Waals surface area (Å²) in [5.41, 5.74) is 2.66. The zero-order valence-electron chi connectivity index (χ0n) is 17.1. The average molecular weight is 403 g/mol. The minimum Gasteiger partial charge on any atom is -0.492 e. The molecular formula is C25H25NO4. The minimum atomic E-state index is -0.480. The fourth-order valence-electron chi connectivity index (χ4n) is 3.23. The largest absolute Gasteiger partial charge is 0.492 e. The Morgan fingerprint density at radius 1 is 0.833 bits per heavy atom. The highest BCUT2D eigenvalue weighted by atomic mass is 16.5. The van der Waals surface area contributed by atoms with Crippen molar-refractivity contribution >= 4 is 17.6 Å². The lowest BCUT2D eigenvalue weighted by molar-refractivity contribution is -0.116. The van der Waals surface area contributed by atoms with Crippen molar-refractivity contribution in [3.05, 3.63) is 95.6 Å². The normalized spacial score (nSPS) is 10.5. The van der Waals surface area contributed by atoms with Crippen LogP contribution in [0.15, 0.2) is 78.9 Å². The first-order valence-electron chi connectivity index (χ1n) is 9.98. The fraction of sp³-hybridized carbons (Fsp3) is 0.200. The van der Waals surface area contributed by atoms with Crippen molar-refractivity contribution in [1.29, 1.82) is 0 Å². The smallest absolute Gasteiger partial charge is 0.338 e. The molecule has 0 spiro atoms. The average Bonchev–Trinajstić information content (AvgIpc) is 2.77. The number of amides is 1. The number of hydrogen-bond acceptors (Lipinski definition) is 4. The summed E-state index contributed by atoms with van der Waals surface area (Å²) in [6.07, 6.45) is 0. The van der Waals surface area contributed by atoms with E-state index >= 15 is 0 Å². The molecule has 0 saturated carbocycles. The lowest BCUT2D eigenvalue weighted by atomic mass is 9.90. The van der Waals surface area contributed by atoms with Gasteiger partial charge in [-0.2, -0.15) is 0 Å². The van der Waals surface area contributed by atoms with Gasteiger partial charge in [0.1, 0.15) is 5.75 Å². The maximum atomic E-state index is 13.3. The first-order valence-corrected chi connectivity index (χ1v) is 9.98. The van der Waals surface area contributed by atoms with Gasteiger partial charge in [0.2, 0.25) is 5.91 Å². The van der Waals surface area contributed by atoms with E-state index in [1.54, 1.807) is 25.1 Å². The van der Waals surface area contributed by atoms with Crippen molar-refractivity contribution in [3.8, 4) is 5.75 Å². The molecule has 3 rings (SSSR count). The van der Waals surface area contributed by atoms with E-state index in [-0.39, 0.29) is 12.5 Å². The third-order valence-corrected chi connectivity index (χ3v) is 4.58. The Morgan fingerprint density at radius 3 is 1.97 bits per heavy atom. The molecule has 0 fully saturated rings. The molecule has 0 unspecified atom stereocenters. The topological polar surface area (TPSA) is 64.6 Å². The van der Waals surface area contributed by atoms with Crippen LogP contribution in [-0.2, 0) is 9.53 Å². The van der Waals surface area contributed by atoms with Crippen LogP contribution in [0.1, 0.15) is 41.3 Å². The standard InChI is InChI=1S/C25H25NO4/c1-3-29-22-17-20(25(28)30-4-2)15-16-21(22)26-24(27)23(18-11-7-5-8-12-18)19-13-9-6-10-14-19/h5-17,23H,3-4H2,1-2H3,(H,26,27). The van der Waals surface area contributed by atoms with E-state index in [4.69, 9.17) is 9.47 Å². The molecule has 0 bridgehead atoms. The zero-order valence-corrected chi connectivity index (χ0v) is 17.1. The van der Waals surface area contributed by atoms with Crippen LogP contribution < -0.4 is 10.1 Å². The fourth-order valence-corrected chi connectivity index (χ4v) is 3.23. The molecule has 154 valence electrons. The molecule has 0 saturated heterocycles. The van der Waals surface area contributed by atoms with E-state index in [2.05, 4.69) is 5.32 Å². The number of esters is 1. The van der Waals surface area contributed by atoms with Crippen LogP contribution in [0.4, 0.5) is 5.69 Å². The first-order chi connectivity index (χ1) is 14.6. The number of hydrogen-bond donors (Lipinski definition) is 1. The van der Waals surface area contributed by atoms with Crippen LogP contribution in [0.2, 0.25) is 0 Å². The van der Waals surface area contributed by atoms with Crippen LogP contribution >= 0.6 is 0 Å². The molecule has 0 aliphatic carbocycles. The highest BCUT2D eigenvalue weighted by Gasteiger charge is 2.24. The van der Waals surface area contributed by atoms with Crippen LogP contribution in [0.5, 0.6) is 5.75 Å². The van der Waals surface area contributed by atoms with Crippen LogP contribution in [-0.4, -0.2) is 25.1 Å². The lowest BCUT2D eigenvalue weighted by Crippen LogP contribution is -2.22. The predicted octanol–water partition coefficient (Wildman–Crippen LogP) is 5.03. The van der Waals surface area contributed by atoms with Crippen LogP contribution in [0.25, 0.3) is 0 Å². The molecule has 0 radical (unpaired) electrons. The molecule has 0 aliphatic heterocycles. The van der Waals surface area contributed by atoms with Crippen molar-refractivity contribution in [1.82, 2.24) is 0 Å². The summed E-state index contributed by atoms with van der Waals surface area (Å²) in [5, 5.41) is 2.97. The Bertz CT molecular complexity index is 947. The number of nitrogens with one attached hydrogen (secondary N) is 1. The molecule has 0 atom stereocenters. The van der Waals surface area contributed by atoms with Crippen LogP contribution in [0.3, 0.4) is 0 Å². The lowest BCUT2D eigenvalue weighted by Gasteiger charge is -2.19. The number of anilines is 1. The van der Waals surface area contributed by atoms with Gasteiger partial charge in [0.05, 0.1) is 30.4 Å². The second-order valence-electron chi connectivity index (χ2n) is 6.61. The molecule has 30 heavy (non-hydrogen) atoms. The van der Waals surface area contributed by atoms with Crippen molar-refractivity contribution in [2.24, 2.45) is 0 Å². The van der Waals surface area contributed by atoms with E-state index in [9.17, 15) is 9.59 Å². The van der Waals surface area contributed by atoms with Gasteiger partial charge in [-0.15, -0.1) is 0 Å². The molecule has 3 aromatic carbocycles. The number of carbonyl (C=O) groups excluding carboxylic acids is 2. The van der Waals surface area contributed by atoms with Crippen molar-refractivity contribution in [3.63, 3.8) is 0 Å². The summed E-state index contributed by atoms with van der Waals surface area (Å²) < 4.78 is 10.7. The van der Waals surface area contributed by atoms with E-state index < -0.39 is 11.9 Å². The highest BCUT2D eigenvalue weighted by Crippen LogP contribution is 2.30. The Kier molecular flexibility index (Phi) is 7.22. The van der Waals surface area contributed by atoms with Gasteiger partial charge in [-0.25, -0.2) is 4.79 Å². The van der Waals surface area contributed by atoms with E-state index in [1.165, 1.54) is 0 Å². The quantitative estimate of drug-likeness (QED) is 0.536. The second kappa shape index (κ2) is 10.3. The van der Waals surface area contributed by atoms with E-state index in [0.717, 1.165) is 11.1 Å². The van der Waals surface area contributed by atoms with Crippen LogP contribution in [0, 0.1) is 0 Å². The summed E-state index contributed by atoms with van der Waals surface area (Å²) in [7, 11) is 0. The molecule has 5 heteroatoms. The number of benzene rings is 3. The molecule has 3 aromatic rings. The minimum absolute atomic E-state index is 0.183. The Hall–Kier alpha value is -3.60. The van der Waals surface area contributed by atoms with Gasteiger partial charge in [-0.1, -0.05) is 60.7 Å². The predicted molar refractivity (Wildman–Crippen MR) is 117 cm³/mol. The van der Waals surface area contributed by atoms with Gasteiger partial charge in [0.25, 0.3) is 0 Å². The van der Waals surface area contributed by atoms with E-state index in [0.29, 0.717) is 23.6 Å². The van der Waals surface area contributed by atoms with Gasteiger partial charge in [-0.3, -0.25) is 4.79 Å². The molecule has 1 amide bonds. The third kappa shape index (κ3) is 5.06. The molecule has 5 nitrogen and oxygen atoms in total. The zero-order chi connectivity index (χ0) is 21.3. The number of carbonyl (C=O) groups is 2. The van der Waals surface area contributed by atoms with Gasteiger partial charge in [0, 0.05) is 0 Å². The summed E-state index contributed by atoms with van der Waals surface area (Å²) in [6.45, 7) is 4.29. The summed E-state index contributed by atoms with van der Waals surface area (Å²) in [4.78, 5) is 25.4. The number of ether oxygens (including phenoxy) is 2. The summed E-state index contributed by atoms with van der Waals surface area (Å²) in [6, 6.07) is 24.1. The van der Waals surface area contributed by atoms with Gasteiger partial charge >= 0.3 is 5.97 Å². The molecule has 0 heterocycles. The highest BCUT2D eigenvalue weighted by molar-refractivity contribution is 6.00.